The monoisotopic (exact) mass is 238 g/mol. The zero-order valence-electron chi connectivity index (χ0n) is 11.4. The molecule has 1 rings (SSSR count). The fourth-order valence-electron chi connectivity index (χ4n) is 2.59. The summed E-state index contributed by atoms with van der Waals surface area (Å²) in [6.45, 7) is 6.59. The molecular weight excluding hydrogens is 212 g/mol. The minimum absolute atomic E-state index is 0.239. The van der Waals surface area contributed by atoms with E-state index in [0.717, 1.165) is 32.1 Å². The lowest BCUT2D eigenvalue weighted by Crippen LogP contribution is -2.24. The quantitative estimate of drug-likeness (QED) is 0.770. The number of hydrogen-bond acceptors (Lipinski definition) is 2. The highest BCUT2D eigenvalue weighted by Gasteiger charge is 2.26. The van der Waals surface area contributed by atoms with E-state index in [4.69, 9.17) is 5.11 Å². The van der Waals surface area contributed by atoms with Crippen molar-refractivity contribution < 1.29 is 9.90 Å². The lowest BCUT2D eigenvalue weighted by atomic mass is 9.78. The summed E-state index contributed by atoms with van der Waals surface area (Å²) in [6, 6.07) is 0. The first-order valence-electron chi connectivity index (χ1n) is 6.86. The van der Waals surface area contributed by atoms with Gasteiger partial charge in [-0.1, -0.05) is 25.8 Å². The van der Waals surface area contributed by atoms with Crippen LogP contribution in [0.3, 0.4) is 0 Å². The van der Waals surface area contributed by atoms with E-state index in [1.54, 1.807) is 0 Å². The van der Waals surface area contributed by atoms with Crippen molar-refractivity contribution in [1.82, 2.24) is 0 Å². The van der Waals surface area contributed by atoms with Gasteiger partial charge in [-0.2, -0.15) is 0 Å². The van der Waals surface area contributed by atoms with Crippen LogP contribution in [0.1, 0.15) is 52.9 Å². The zero-order valence-corrected chi connectivity index (χ0v) is 11.4. The first-order valence-corrected chi connectivity index (χ1v) is 6.86. The molecule has 98 valence electrons. The molecule has 1 aliphatic carbocycles. The molecule has 1 aliphatic rings. The molecule has 0 saturated heterocycles. The molecule has 3 atom stereocenters. The molecule has 0 aromatic rings. The molecule has 0 spiro atoms. The van der Waals surface area contributed by atoms with Crippen LogP contribution in [-0.4, -0.2) is 17.5 Å². The summed E-state index contributed by atoms with van der Waals surface area (Å²) in [5.41, 5.74) is 1.23. The van der Waals surface area contributed by atoms with Gasteiger partial charge < -0.3 is 5.11 Å². The van der Waals surface area contributed by atoms with E-state index in [0.29, 0.717) is 17.6 Å². The van der Waals surface area contributed by atoms with Crippen LogP contribution in [0.15, 0.2) is 11.6 Å². The Bertz CT molecular complexity index is 281. The van der Waals surface area contributed by atoms with Crippen LogP contribution in [0.5, 0.6) is 0 Å². The third kappa shape index (κ3) is 4.63. The lowest BCUT2D eigenvalue weighted by molar-refractivity contribution is -0.120. The molecule has 17 heavy (non-hydrogen) atoms. The average molecular weight is 238 g/mol. The van der Waals surface area contributed by atoms with E-state index in [1.807, 2.05) is 13.0 Å². The van der Waals surface area contributed by atoms with Gasteiger partial charge in [0.15, 0.2) is 5.78 Å². The van der Waals surface area contributed by atoms with Crippen molar-refractivity contribution in [1.29, 1.82) is 0 Å². The number of aliphatic hydroxyl groups excluding tert-OH is 1. The second kappa shape index (κ2) is 6.95. The second-order valence-electron chi connectivity index (χ2n) is 5.73. The van der Waals surface area contributed by atoms with E-state index in [9.17, 15) is 4.79 Å². The van der Waals surface area contributed by atoms with Gasteiger partial charge in [0.05, 0.1) is 0 Å². The maximum Gasteiger partial charge on any atom is 0.158 e. The highest BCUT2D eigenvalue weighted by Crippen LogP contribution is 2.29. The molecule has 0 saturated carbocycles. The minimum Gasteiger partial charge on any atom is -0.396 e. The summed E-state index contributed by atoms with van der Waals surface area (Å²) < 4.78 is 0. The molecule has 0 unspecified atom stereocenters. The normalized spacial score (nSPS) is 24.4. The van der Waals surface area contributed by atoms with Gasteiger partial charge in [-0.05, 0) is 50.5 Å². The van der Waals surface area contributed by atoms with Gasteiger partial charge in [-0.15, -0.1) is 0 Å². The maximum atomic E-state index is 11.9. The summed E-state index contributed by atoms with van der Waals surface area (Å²) in [6.07, 6.45) is 7.23. The van der Waals surface area contributed by atoms with Crippen LogP contribution >= 0.6 is 0 Å². The van der Waals surface area contributed by atoms with Crippen LogP contribution in [0, 0.1) is 17.8 Å². The zero-order chi connectivity index (χ0) is 12.8. The Morgan fingerprint density at radius 3 is 2.71 bits per heavy atom. The van der Waals surface area contributed by atoms with E-state index >= 15 is 0 Å². The number of rotatable bonds is 6. The number of carbonyl (C=O) groups excluding carboxylic acids is 1. The third-order valence-electron chi connectivity index (χ3n) is 3.96. The Labute approximate surface area is 105 Å². The van der Waals surface area contributed by atoms with Crippen molar-refractivity contribution in [3.63, 3.8) is 0 Å². The van der Waals surface area contributed by atoms with Gasteiger partial charge >= 0.3 is 0 Å². The van der Waals surface area contributed by atoms with Crippen molar-refractivity contribution in [3.05, 3.63) is 11.6 Å². The molecule has 0 aromatic carbocycles. The van der Waals surface area contributed by atoms with Crippen molar-refractivity contribution in [2.45, 2.75) is 52.9 Å². The smallest absolute Gasteiger partial charge is 0.158 e. The SMILES string of the molecule is CC1=CC(=O)[C@@H]([C@@H](C)CCC[C@H](C)CO)CC1. The van der Waals surface area contributed by atoms with Crippen molar-refractivity contribution in [3.8, 4) is 0 Å². The molecule has 0 aromatic heterocycles. The summed E-state index contributed by atoms with van der Waals surface area (Å²) >= 11 is 0. The fourth-order valence-corrected chi connectivity index (χ4v) is 2.59. The molecule has 0 heterocycles. The molecular formula is C15H26O2. The maximum absolute atomic E-state index is 11.9. The van der Waals surface area contributed by atoms with E-state index in [-0.39, 0.29) is 12.5 Å². The first kappa shape index (κ1) is 14.4. The van der Waals surface area contributed by atoms with Gasteiger partial charge in [0, 0.05) is 12.5 Å². The van der Waals surface area contributed by atoms with Crippen LogP contribution in [0.25, 0.3) is 0 Å². The Balaban J connectivity index is 2.33. The summed E-state index contributed by atoms with van der Waals surface area (Å²) in [5, 5.41) is 8.96. The van der Waals surface area contributed by atoms with Crippen molar-refractivity contribution in [2.75, 3.05) is 6.61 Å². The standard InChI is InChI=1S/C15H26O2/c1-11-7-8-14(15(17)9-11)13(3)6-4-5-12(2)10-16/h9,12-14,16H,4-8,10H2,1-3H3/t12-,13-,14+/m0/s1. The van der Waals surface area contributed by atoms with Gasteiger partial charge in [0.2, 0.25) is 0 Å². The summed E-state index contributed by atoms with van der Waals surface area (Å²) in [7, 11) is 0. The highest BCUT2D eigenvalue weighted by molar-refractivity contribution is 5.93. The minimum atomic E-state index is 0.239. The first-order chi connectivity index (χ1) is 8.04. The molecule has 0 amide bonds. The predicted molar refractivity (Wildman–Crippen MR) is 70.8 cm³/mol. The van der Waals surface area contributed by atoms with Gasteiger partial charge in [0.1, 0.15) is 0 Å². The average Bonchev–Trinajstić information content (AvgIpc) is 2.28. The van der Waals surface area contributed by atoms with E-state index < -0.39 is 0 Å². The highest BCUT2D eigenvalue weighted by atomic mass is 16.3. The molecule has 1 N–H and O–H groups in total. The van der Waals surface area contributed by atoms with E-state index in [2.05, 4.69) is 13.8 Å². The van der Waals surface area contributed by atoms with E-state index in [1.165, 1.54) is 5.57 Å². The largest absolute Gasteiger partial charge is 0.396 e. The van der Waals surface area contributed by atoms with Crippen molar-refractivity contribution >= 4 is 5.78 Å². The Morgan fingerprint density at radius 2 is 2.12 bits per heavy atom. The number of aliphatic hydroxyl groups is 1. The third-order valence-corrected chi connectivity index (χ3v) is 3.96. The molecule has 0 bridgehead atoms. The molecule has 0 aliphatic heterocycles. The summed E-state index contributed by atoms with van der Waals surface area (Å²) in [4.78, 5) is 11.9. The van der Waals surface area contributed by atoms with Crippen LogP contribution in [-0.2, 0) is 4.79 Å². The fraction of sp³-hybridized carbons (Fsp3) is 0.800. The molecule has 0 radical (unpaired) electrons. The molecule has 2 nitrogen and oxygen atoms in total. The molecule has 0 fully saturated rings. The number of hydrogen-bond donors (Lipinski definition) is 1. The Hall–Kier alpha value is -0.630. The van der Waals surface area contributed by atoms with Gasteiger partial charge in [-0.25, -0.2) is 0 Å². The van der Waals surface area contributed by atoms with Gasteiger partial charge in [0.25, 0.3) is 0 Å². The predicted octanol–water partition coefficient (Wildman–Crippen LogP) is 3.35. The summed E-state index contributed by atoms with van der Waals surface area (Å²) in [5.74, 6) is 1.45. The van der Waals surface area contributed by atoms with Crippen LogP contribution in [0.2, 0.25) is 0 Å². The van der Waals surface area contributed by atoms with Crippen LogP contribution in [0.4, 0.5) is 0 Å². The van der Waals surface area contributed by atoms with Gasteiger partial charge in [-0.3, -0.25) is 4.79 Å². The topological polar surface area (TPSA) is 37.3 Å². The Morgan fingerprint density at radius 1 is 1.41 bits per heavy atom. The Kier molecular flexibility index (Phi) is 5.90. The number of carbonyl (C=O) groups is 1. The second-order valence-corrected chi connectivity index (χ2v) is 5.73. The van der Waals surface area contributed by atoms with Crippen LogP contribution < -0.4 is 0 Å². The lowest BCUT2D eigenvalue weighted by Gasteiger charge is -2.25. The number of ketones is 1. The van der Waals surface area contributed by atoms with Crippen molar-refractivity contribution in [2.24, 2.45) is 17.8 Å². The molecule has 2 heteroatoms. The number of allylic oxidation sites excluding steroid dienone is 2.